The molecule has 2 heterocycles. The summed E-state index contributed by atoms with van der Waals surface area (Å²) in [5, 5.41) is 0. The van der Waals surface area contributed by atoms with Crippen LogP contribution in [0.2, 0.25) is 0 Å². The van der Waals surface area contributed by atoms with Crippen molar-refractivity contribution in [3.8, 4) is 0 Å². The number of anilines is 6. The highest BCUT2D eigenvalue weighted by Crippen LogP contribution is 2.59. The van der Waals surface area contributed by atoms with Crippen LogP contribution < -0.4 is 9.80 Å². The SMILES string of the molecule is c1ccc(N2c3ccccc3C3c4ccccc4N(c4ccccc4)c4cccc2c43)cc1. The van der Waals surface area contributed by atoms with Gasteiger partial charge in [0.15, 0.2) is 0 Å². The molecule has 0 amide bonds. The van der Waals surface area contributed by atoms with Crippen molar-refractivity contribution in [3.63, 3.8) is 0 Å². The molecule has 0 fully saturated rings. The minimum Gasteiger partial charge on any atom is -0.310 e. The molecule has 0 unspecified atom stereocenters. The van der Waals surface area contributed by atoms with Crippen LogP contribution in [-0.2, 0) is 0 Å². The summed E-state index contributed by atoms with van der Waals surface area (Å²) in [7, 11) is 0. The molecule has 2 nitrogen and oxygen atoms in total. The molecule has 0 saturated carbocycles. The number of benzene rings is 5. The van der Waals surface area contributed by atoms with E-state index >= 15 is 0 Å². The van der Waals surface area contributed by atoms with Crippen molar-refractivity contribution in [2.45, 2.75) is 5.92 Å². The molecule has 0 atom stereocenters. The van der Waals surface area contributed by atoms with Crippen molar-refractivity contribution in [2.24, 2.45) is 0 Å². The van der Waals surface area contributed by atoms with Crippen LogP contribution in [-0.4, -0.2) is 0 Å². The molecular formula is C31H22N2. The van der Waals surface area contributed by atoms with Crippen LogP contribution in [0.25, 0.3) is 0 Å². The number of rotatable bonds is 2. The van der Waals surface area contributed by atoms with Crippen molar-refractivity contribution in [3.05, 3.63) is 144 Å². The molecule has 0 bridgehead atoms. The zero-order valence-electron chi connectivity index (χ0n) is 18.1. The fourth-order valence-corrected chi connectivity index (χ4v) is 5.55. The van der Waals surface area contributed by atoms with E-state index < -0.39 is 0 Å². The van der Waals surface area contributed by atoms with Crippen molar-refractivity contribution in [2.75, 3.05) is 9.80 Å². The second kappa shape index (κ2) is 7.11. The van der Waals surface area contributed by atoms with Crippen molar-refractivity contribution >= 4 is 34.1 Å². The maximum absolute atomic E-state index is 2.42. The zero-order chi connectivity index (χ0) is 21.8. The predicted molar refractivity (Wildman–Crippen MR) is 137 cm³/mol. The van der Waals surface area contributed by atoms with Gasteiger partial charge in [-0.2, -0.15) is 0 Å². The van der Waals surface area contributed by atoms with Gasteiger partial charge in [-0.3, -0.25) is 0 Å². The molecular weight excluding hydrogens is 400 g/mol. The van der Waals surface area contributed by atoms with Gasteiger partial charge in [0, 0.05) is 22.9 Å². The van der Waals surface area contributed by atoms with Gasteiger partial charge < -0.3 is 9.80 Å². The van der Waals surface area contributed by atoms with Crippen LogP contribution in [0.4, 0.5) is 34.1 Å². The normalized spacial score (nSPS) is 13.8. The Bertz CT molecular complexity index is 1360. The summed E-state index contributed by atoms with van der Waals surface area (Å²) in [6, 6.07) is 45.9. The second-order valence-electron chi connectivity index (χ2n) is 8.60. The summed E-state index contributed by atoms with van der Waals surface area (Å²) in [6.45, 7) is 0. The molecule has 156 valence electrons. The molecule has 0 spiro atoms. The third-order valence-corrected chi connectivity index (χ3v) is 6.84. The zero-order valence-corrected chi connectivity index (χ0v) is 18.1. The Labute approximate surface area is 194 Å². The van der Waals surface area contributed by atoms with Crippen LogP contribution in [0.1, 0.15) is 22.6 Å². The topological polar surface area (TPSA) is 6.48 Å². The van der Waals surface area contributed by atoms with Crippen LogP contribution in [0, 0.1) is 0 Å². The fourth-order valence-electron chi connectivity index (χ4n) is 5.55. The summed E-state index contributed by atoms with van der Waals surface area (Å²) in [5.74, 6) is 0.198. The minimum atomic E-state index is 0.198. The largest absolute Gasteiger partial charge is 0.310 e. The van der Waals surface area contributed by atoms with Crippen molar-refractivity contribution in [1.29, 1.82) is 0 Å². The lowest BCUT2D eigenvalue weighted by Crippen LogP contribution is -2.29. The second-order valence-corrected chi connectivity index (χ2v) is 8.60. The Hall–Kier alpha value is -4.30. The van der Waals surface area contributed by atoms with E-state index in [1.165, 1.54) is 50.8 Å². The lowest BCUT2D eigenvalue weighted by Gasteiger charge is -2.45. The minimum absolute atomic E-state index is 0.198. The van der Waals surface area contributed by atoms with Gasteiger partial charge in [0.25, 0.3) is 0 Å². The van der Waals surface area contributed by atoms with Crippen molar-refractivity contribution in [1.82, 2.24) is 0 Å². The summed E-state index contributed by atoms with van der Waals surface area (Å²) in [5.41, 5.74) is 11.4. The Morgan fingerprint density at radius 2 is 0.758 bits per heavy atom. The molecule has 2 heteroatoms. The first kappa shape index (κ1) is 18.3. The Balaban J connectivity index is 1.58. The van der Waals surface area contributed by atoms with Gasteiger partial charge in [-0.1, -0.05) is 78.9 Å². The highest BCUT2D eigenvalue weighted by Gasteiger charge is 2.40. The van der Waals surface area contributed by atoms with Gasteiger partial charge in [-0.15, -0.1) is 0 Å². The van der Waals surface area contributed by atoms with Gasteiger partial charge in [-0.05, 0) is 59.7 Å². The van der Waals surface area contributed by atoms with Gasteiger partial charge >= 0.3 is 0 Å². The van der Waals surface area contributed by atoms with Crippen LogP contribution in [0.5, 0.6) is 0 Å². The molecule has 5 aromatic carbocycles. The Morgan fingerprint density at radius 1 is 0.364 bits per heavy atom. The monoisotopic (exact) mass is 422 g/mol. The first-order valence-electron chi connectivity index (χ1n) is 11.4. The fraction of sp³-hybridized carbons (Fsp3) is 0.0323. The van der Waals surface area contributed by atoms with Gasteiger partial charge in [0.1, 0.15) is 0 Å². The average molecular weight is 423 g/mol. The number of hydrogen-bond donors (Lipinski definition) is 0. The lowest BCUT2D eigenvalue weighted by atomic mass is 9.76. The molecule has 2 aliphatic heterocycles. The summed E-state index contributed by atoms with van der Waals surface area (Å²) >= 11 is 0. The van der Waals surface area contributed by atoms with E-state index in [9.17, 15) is 0 Å². The molecule has 0 N–H and O–H groups in total. The van der Waals surface area contributed by atoms with E-state index in [0.29, 0.717) is 0 Å². The van der Waals surface area contributed by atoms with Gasteiger partial charge in [-0.25, -0.2) is 0 Å². The molecule has 0 aromatic heterocycles. The molecule has 33 heavy (non-hydrogen) atoms. The van der Waals surface area contributed by atoms with Gasteiger partial charge in [0.05, 0.1) is 22.7 Å². The van der Waals surface area contributed by atoms with E-state index in [-0.39, 0.29) is 5.92 Å². The number of fused-ring (bicyclic) bond motifs is 4. The highest BCUT2D eigenvalue weighted by molar-refractivity contribution is 5.95. The Kier molecular flexibility index (Phi) is 3.94. The average Bonchev–Trinajstić information content (AvgIpc) is 2.89. The van der Waals surface area contributed by atoms with E-state index in [2.05, 4.69) is 137 Å². The smallest absolute Gasteiger partial charge is 0.0524 e. The number of nitrogens with zero attached hydrogens (tertiary/aromatic N) is 2. The lowest BCUT2D eigenvalue weighted by molar-refractivity contribution is 0.909. The van der Waals surface area contributed by atoms with E-state index in [1.807, 2.05) is 0 Å². The van der Waals surface area contributed by atoms with E-state index in [0.717, 1.165) is 0 Å². The summed E-state index contributed by atoms with van der Waals surface area (Å²) in [6.07, 6.45) is 0. The maximum atomic E-state index is 2.42. The number of para-hydroxylation sites is 4. The molecule has 7 rings (SSSR count). The molecule has 0 saturated heterocycles. The maximum Gasteiger partial charge on any atom is 0.0524 e. The standard InChI is InChI=1S/C31H22N2/c1-3-12-22(13-4-1)32-26-18-9-7-16-24(26)30-25-17-8-10-19-27(25)33(23-14-5-2-6-15-23)29-21-11-20-28(32)31(29)30/h1-21,30H. The van der Waals surface area contributed by atoms with E-state index in [1.54, 1.807) is 0 Å². The number of hydrogen-bond acceptors (Lipinski definition) is 2. The predicted octanol–water partition coefficient (Wildman–Crippen LogP) is 8.43. The van der Waals surface area contributed by atoms with Crippen molar-refractivity contribution < 1.29 is 0 Å². The first-order chi connectivity index (χ1) is 16.4. The Morgan fingerprint density at radius 3 is 1.24 bits per heavy atom. The third kappa shape index (κ3) is 2.61. The molecule has 0 aliphatic carbocycles. The van der Waals surface area contributed by atoms with Crippen LogP contribution in [0.3, 0.4) is 0 Å². The van der Waals surface area contributed by atoms with Crippen LogP contribution >= 0.6 is 0 Å². The van der Waals surface area contributed by atoms with Crippen LogP contribution in [0.15, 0.2) is 127 Å². The third-order valence-electron chi connectivity index (χ3n) is 6.84. The molecule has 2 aliphatic rings. The summed E-state index contributed by atoms with van der Waals surface area (Å²) < 4.78 is 0. The summed E-state index contributed by atoms with van der Waals surface area (Å²) in [4.78, 5) is 4.84. The molecule has 0 radical (unpaired) electrons. The quantitative estimate of drug-likeness (QED) is 0.276. The first-order valence-corrected chi connectivity index (χ1v) is 11.4. The van der Waals surface area contributed by atoms with Gasteiger partial charge in [0.2, 0.25) is 0 Å². The highest BCUT2D eigenvalue weighted by atomic mass is 15.2. The van der Waals surface area contributed by atoms with E-state index in [4.69, 9.17) is 0 Å². The molecule has 5 aromatic rings.